The Kier molecular flexibility index (Phi) is 4.42. The van der Waals surface area contributed by atoms with Crippen molar-refractivity contribution in [1.29, 1.82) is 0 Å². The number of fused-ring (bicyclic) bond motifs is 1. The number of H-pyrrole nitrogens is 1. The normalized spacial score (nSPS) is 17.8. The third-order valence-electron chi connectivity index (χ3n) is 4.51. The third-order valence-corrected chi connectivity index (χ3v) is 4.79. The van der Waals surface area contributed by atoms with E-state index in [4.69, 9.17) is 11.6 Å². The summed E-state index contributed by atoms with van der Waals surface area (Å²) in [5, 5.41) is 15.2. The van der Waals surface area contributed by atoms with Crippen LogP contribution in [-0.4, -0.2) is 45.8 Å². The zero-order valence-corrected chi connectivity index (χ0v) is 14.7. The second-order valence-electron chi connectivity index (χ2n) is 6.12. The van der Waals surface area contributed by atoms with Crippen LogP contribution in [0.4, 0.5) is 17.5 Å². The molecule has 1 aliphatic heterocycles. The average molecular weight is 358 g/mol. The molecule has 1 atom stereocenters. The molecule has 1 aromatic carbocycles. The monoisotopic (exact) mass is 357 g/mol. The van der Waals surface area contributed by atoms with Gasteiger partial charge in [0.05, 0.1) is 17.9 Å². The van der Waals surface area contributed by atoms with E-state index in [-0.39, 0.29) is 0 Å². The van der Waals surface area contributed by atoms with E-state index in [2.05, 4.69) is 42.6 Å². The lowest BCUT2D eigenvalue weighted by Gasteiger charge is -2.35. The molecule has 3 aromatic rings. The highest BCUT2D eigenvalue weighted by Gasteiger charge is 2.23. The minimum atomic E-state index is 0.394. The number of aromatic amines is 1. The van der Waals surface area contributed by atoms with Crippen LogP contribution in [0.2, 0.25) is 5.02 Å². The second-order valence-corrected chi connectivity index (χ2v) is 6.53. The molecule has 0 bridgehead atoms. The molecule has 0 radical (unpaired) electrons. The molecule has 3 heterocycles. The van der Waals surface area contributed by atoms with Crippen molar-refractivity contribution < 1.29 is 0 Å². The predicted octanol–water partition coefficient (Wildman–Crippen LogP) is 2.94. The van der Waals surface area contributed by atoms with Gasteiger partial charge in [0.25, 0.3) is 0 Å². The van der Waals surface area contributed by atoms with Crippen LogP contribution in [-0.2, 0) is 0 Å². The van der Waals surface area contributed by atoms with Gasteiger partial charge in [-0.2, -0.15) is 10.1 Å². The van der Waals surface area contributed by atoms with E-state index in [1.54, 1.807) is 12.4 Å². The molecule has 7 nitrogen and oxygen atoms in total. The highest BCUT2D eigenvalue weighted by Crippen LogP contribution is 2.27. The second kappa shape index (κ2) is 6.85. The molecule has 1 unspecified atom stereocenters. The van der Waals surface area contributed by atoms with Crippen molar-refractivity contribution in [3.05, 3.63) is 35.6 Å². The molecule has 0 amide bonds. The Labute approximate surface area is 150 Å². The summed E-state index contributed by atoms with van der Waals surface area (Å²) in [7, 11) is 0. The van der Waals surface area contributed by atoms with Crippen molar-refractivity contribution in [2.24, 2.45) is 0 Å². The number of hydrogen-bond donors (Lipinski definition) is 3. The van der Waals surface area contributed by atoms with Gasteiger partial charge in [0.15, 0.2) is 5.82 Å². The summed E-state index contributed by atoms with van der Waals surface area (Å²) in [5.74, 6) is 1.33. The zero-order valence-electron chi connectivity index (χ0n) is 14.0. The Balaban J connectivity index is 1.62. The fraction of sp³-hybridized carbons (Fsp3) is 0.353. The summed E-state index contributed by atoms with van der Waals surface area (Å²) in [6.45, 7) is 4.95. The predicted molar refractivity (Wildman–Crippen MR) is 101 cm³/mol. The van der Waals surface area contributed by atoms with E-state index in [0.29, 0.717) is 22.8 Å². The topological polar surface area (TPSA) is 81.8 Å². The van der Waals surface area contributed by atoms with Crippen molar-refractivity contribution in [1.82, 2.24) is 25.5 Å². The quantitative estimate of drug-likeness (QED) is 0.666. The van der Waals surface area contributed by atoms with E-state index in [1.165, 1.54) is 0 Å². The van der Waals surface area contributed by atoms with E-state index < -0.39 is 0 Å². The number of rotatable bonds is 4. The number of benzene rings is 1. The molecule has 1 saturated heterocycles. The Morgan fingerprint density at radius 1 is 1.36 bits per heavy atom. The number of piperazine rings is 1. The number of anilines is 3. The molecule has 0 spiro atoms. The summed E-state index contributed by atoms with van der Waals surface area (Å²) >= 11 is 6.32. The number of nitrogens with zero attached hydrogens (tertiary/aromatic N) is 4. The Morgan fingerprint density at radius 2 is 2.28 bits per heavy atom. The lowest BCUT2D eigenvalue weighted by molar-refractivity contribution is 0.459. The smallest absolute Gasteiger partial charge is 0.227 e. The summed E-state index contributed by atoms with van der Waals surface area (Å²) in [6.07, 6.45) is 4.50. The largest absolute Gasteiger partial charge is 0.339 e. The van der Waals surface area contributed by atoms with Crippen LogP contribution >= 0.6 is 11.6 Å². The Hall–Kier alpha value is -2.38. The molecule has 0 saturated carbocycles. The molecule has 1 aliphatic rings. The minimum Gasteiger partial charge on any atom is -0.339 e. The number of halogens is 1. The van der Waals surface area contributed by atoms with Crippen LogP contribution in [0.15, 0.2) is 30.6 Å². The van der Waals surface area contributed by atoms with Crippen molar-refractivity contribution in [2.75, 3.05) is 29.9 Å². The number of aromatic nitrogens is 4. The first-order valence-electron chi connectivity index (χ1n) is 8.44. The standard InChI is InChI=1S/C17H20ClN7/c1-2-13-9-19-5-6-25(13)17-20-10-14(18)16(23-17)22-12-3-4-15-11(7-12)8-21-24-15/h3-4,7-8,10,13,19H,2,5-6,9H2,1H3,(H,21,24)(H,20,22,23). The summed E-state index contributed by atoms with van der Waals surface area (Å²) in [5.41, 5.74) is 1.90. The molecule has 0 aliphatic carbocycles. The molecule has 2 aromatic heterocycles. The minimum absolute atomic E-state index is 0.394. The molecule has 4 rings (SSSR count). The van der Waals surface area contributed by atoms with Gasteiger partial charge in [0.2, 0.25) is 5.95 Å². The molecular formula is C17H20ClN7. The van der Waals surface area contributed by atoms with Gasteiger partial charge in [0, 0.05) is 36.7 Å². The average Bonchev–Trinajstić information content (AvgIpc) is 3.11. The lowest BCUT2D eigenvalue weighted by atomic mass is 10.1. The summed E-state index contributed by atoms with van der Waals surface area (Å²) in [6, 6.07) is 6.35. The molecule has 3 N–H and O–H groups in total. The molecule has 25 heavy (non-hydrogen) atoms. The Bertz CT molecular complexity index is 878. The van der Waals surface area contributed by atoms with Gasteiger partial charge in [-0.1, -0.05) is 18.5 Å². The van der Waals surface area contributed by atoms with E-state index in [9.17, 15) is 0 Å². The number of nitrogens with one attached hydrogen (secondary N) is 3. The van der Waals surface area contributed by atoms with Crippen molar-refractivity contribution in [3.63, 3.8) is 0 Å². The fourth-order valence-corrected chi connectivity index (χ4v) is 3.27. The van der Waals surface area contributed by atoms with E-state index in [0.717, 1.165) is 42.6 Å². The maximum absolute atomic E-state index is 6.32. The first kappa shape index (κ1) is 16.1. The number of hydrogen-bond acceptors (Lipinski definition) is 6. The Morgan fingerprint density at radius 3 is 3.16 bits per heavy atom. The van der Waals surface area contributed by atoms with Gasteiger partial charge < -0.3 is 15.5 Å². The summed E-state index contributed by atoms with van der Waals surface area (Å²) < 4.78 is 0. The summed E-state index contributed by atoms with van der Waals surface area (Å²) in [4.78, 5) is 11.4. The van der Waals surface area contributed by atoms with Crippen LogP contribution in [0.5, 0.6) is 0 Å². The van der Waals surface area contributed by atoms with Crippen molar-refractivity contribution in [3.8, 4) is 0 Å². The van der Waals surface area contributed by atoms with Crippen molar-refractivity contribution >= 4 is 40.0 Å². The lowest BCUT2D eigenvalue weighted by Crippen LogP contribution is -2.51. The van der Waals surface area contributed by atoms with Crippen LogP contribution in [0.1, 0.15) is 13.3 Å². The van der Waals surface area contributed by atoms with E-state index >= 15 is 0 Å². The van der Waals surface area contributed by atoms with Crippen molar-refractivity contribution in [2.45, 2.75) is 19.4 Å². The molecule has 8 heteroatoms. The molecule has 1 fully saturated rings. The highest BCUT2D eigenvalue weighted by atomic mass is 35.5. The third kappa shape index (κ3) is 3.25. The van der Waals surface area contributed by atoms with Gasteiger partial charge >= 0.3 is 0 Å². The van der Waals surface area contributed by atoms with Crippen LogP contribution in [0, 0.1) is 0 Å². The fourth-order valence-electron chi connectivity index (χ4n) is 3.13. The van der Waals surface area contributed by atoms with E-state index in [1.807, 2.05) is 18.2 Å². The molecule has 130 valence electrons. The van der Waals surface area contributed by atoms with Crippen LogP contribution in [0.3, 0.4) is 0 Å². The maximum atomic E-state index is 6.32. The first-order valence-corrected chi connectivity index (χ1v) is 8.82. The maximum Gasteiger partial charge on any atom is 0.227 e. The van der Waals surface area contributed by atoms with Gasteiger partial charge in [0.1, 0.15) is 5.02 Å². The van der Waals surface area contributed by atoms with Gasteiger partial charge in [-0.3, -0.25) is 5.10 Å². The van der Waals surface area contributed by atoms with Crippen LogP contribution < -0.4 is 15.5 Å². The van der Waals surface area contributed by atoms with Crippen LogP contribution in [0.25, 0.3) is 10.9 Å². The SMILES string of the molecule is CCC1CNCCN1c1ncc(Cl)c(Nc2ccc3[nH]ncc3c2)n1. The molecular weight excluding hydrogens is 338 g/mol. The first-order chi connectivity index (χ1) is 12.2. The van der Waals surface area contributed by atoms with Gasteiger partial charge in [-0.25, -0.2) is 4.98 Å². The van der Waals surface area contributed by atoms with Gasteiger partial charge in [-0.05, 0) is 24.6 Å². The highest BCUT2D eigenvalue weighted by molar-refractivity contribution is 6.32. The zero-order chi connectivity index (χ0) is 17.2. The van der Waals surface area contributed by atoms with Gasteiger partial charge in [-0.15, -0.1) is 0 Å².